The van der Waals surface area contributed by atoms with Gasteiger partial charge in [0.2, 0.25) is 0 Å². The number of aromatic nitrogens is 2. The van der Waals surface area contributed by atoms with Crippen molar-refractivity contribution in [2.45, 2.75) is 33.2 Å². The first kappa shape index (κ1) is 22.9. The lowest BCUT2D eigenvalue weighted by Gasteiger charge is -2.12. The zero-order chi connectivity index (χ0) is 23.2. The molecule has 0 bridgehead atoms. The second-order valence-electron chi connectivity index (χ2n) is 8.10. The molecule has 1 N–H and O–H groups in total. The summed E-state index contributed by atoms with van der Waals surface area (Å²) in [5.74, 6) is 1.67. The van der Waals surface area contributed by atoms with E-state index in [1.807, 2.05) is 30.3 Å². The molecule has 0 saturated carbocycles. The molecular formula is C27H28ClN3O2. The summed E-state index contributed by atoms with van der Waals surface area (Å²) in [6.45, 7) is 6.08. The van der Waals surface area contributed by atoms with Gasteiger partial charge in [0.05, 0.1) is 28.2 Å². The summed E-state index contributed by atoms with van der Waals surface area (Å²) in [5, 5.41) is 3.41. The van der Waals surface area contributed by atoms with Gasteiger partial charge in [-0.05, 0) is 67.8 Å². The number of rotatable bonds is 9. The van der Waals surface area contributed by atoms with Gasteiger partial charge >= 0.3 is 0 Å². The van der Waals surface area contributed by atoms with Crippen LogP contribution in [0.2, 0.25) is 5.02 Å². The third-order valence-electron chi connectivity index (χ3n) is 5.76. The Kier molecular flexibility index (Phi) is 7.30. The number of carbonyl (C=O) groups is 1. The van der Waals surface area contributed by atoms with Crippen LogP contribution in [0, 0.1) is 13.8 Å². The van der Waals surface area contributed by atoms with Gasteiger partial charge in [0.15, 0.2) is 0 Å². The van der Waals surface area contributed by atoms with E-state index in [0.29, 0.717) is 30.2 Å². The third kappa shape index (κ3) is 5.55. The first-order valence-electron chi connectivity index (χ1n) is 11.2. The van der Waals surface area contributed by atoms with Gasteiger partial charge in [-0.3, -0.25) is 4.79 Å². The maximum atomic E-state index is 12.5. The summed E-state index contributed by atoms with van der Waals surface area (Å²) < 4.78 is 8.18. The van der Waals surface area contributed by atoms with E-state index in [9.17, 15) is 4.79 Å². The molecule has 4 aromatic rings. The van der Waals surface area contributed by atoms with Crippen LogP contribution in [-0.2, 0) is 13.0 Å². The number of carbonyl (C=O) groups excluding carboxylic acids is 1. The Morgan fingerprint density at radius 3 is 2.64 bits per heavy atom. The lowest BCUT2D eigenvalue weighted by atomic mass is 10.1. The molecule has 3 aromatic carbocycles. The highest BCUT2D eigenvalue weighted by Crippen LogP contribution is 2.19. The number of fused-ring (bicyclic) bond motifs is 1. The van der Waals surface area contributed by atoms with Crippen LogP contribution in [-0.4, -0.2) is 28.6 Å². The number of nitrogens with one attached hydrogen (secondary N) is 1. The lowest BCUT2D eigenvalue weighted by Crippen LogP contribution is -2.26. The van der Waals surface area contributed by atoms with Crippen molar-refractivity contribution in [3.8, 4) is 5.75 Å². The number of hydrogen-bond acceptors (Lipinski definition) is 3. The molecule has 33 heavy (non-hydrogen) atoms. The van der Waals surface area contributed by atoms with Gasteiger partial charge in [0.1, 0.15) is 11.6 Å². The number of aryl methyl sites for hydroxylation is 3. The van der Waals surface area contributed by atoms with Crippen LogP contribution in [0.15, 0.2) is 66.7 Å². The Bertz CT molecular complexity index is 1270. The van der Waals surface area contributed by atoms with Gasteiger partial charge in [0, 0.05) is 19.5 Å². The van der Waals surface area contributed by atoms with Crippen molar-refractivity contribution in [1.29, 1.82) is 0 Å². The van der Waals surface area contributed by atoms with E-state index < -0.39 is 0 Å². The summed E-state index contributed by atoms with van der Waals surface area (Å²) in [5.41, 5.74) is 5.03. The fourth-order valence-corrected chi connectivity index (χ4v) is 4.03. The summed E-state index contributed by atoms with van der Waals surface area (Å²) in [4.78, 5) is 17.3. The monoisotopic (exact) mass is 461 g/mol. The average Bonchev–Trinajstić information content (AvgIpc) is 3.16. The Morgan fingerprint density at radius 1 is 1.03 bits per heavy atom. The largest absolute Gasteiger partial charge is 0.494 e. The molecule has 0 aliphatic rings. The minimum Gasteiger partial charge on any atom is -0.494 e. The van der Waals surface area contributed by atoms with Gasteiger partial charge in [-0.2, -0.15) is 0 Å². The number of benzene rings is 3. The number of halogens is 1. The van der Waals surface area contributed by atoms with Crippen molar-refractivity contribution in [2.75, 3.05) is 13.2 Å². The van der Waals surface area contributed by atoms with Crippen LogP contribution < -0.4 is 10.1 Å². The molecule has 5 nitrogen and oxygen atoms in total. The molecule has 0 atom stereocenters. The number of ether oxygens (including phenoxy) is 1. The van der Waals surface area contributed by atoms with Crippen LogP contribution in [0.25, 0.3) is 11.0 Å². The molecule has 0 unspecified atom stereocenters. The molecule has 6 heteroatoms. The van der Waals surface area contributed by atoms with Crippen molar-refractivity contribution >= 4 is 28.5 Å². The molecule has 1 amide bonds. The van der Waals surface area contributed by atoms with Crippen molar-refractivity contribution in [1.82, 2.24) is 14.9 Å². The van der Waals surface area contributed by atoms with Crippen LogP contribution in [0.3, 0.4) is 0 Å². The van der Waals surface area contributed by atoms with Gasteiger partial charge in [-0.1, -0.05) is 41.9 Å². The Morgan fingerprint density at radius 2 is 1.82 bits per heavy atom. The normalized spacial score (nSPS) is 11.0. The third-order valence-corrected chi connectivity index (χ3v) is 6.09. The first-order valence-corrected chi connectivity index (χ1v) is 11.6. The molecule has 170 valence electrons. The molecule has 0 radical (unpaired) electrons. The average molecular weight is 462 g/mol. The molecule has 0 aliphatic heterocycles. The standard InChI is InChI=1S/C27H28ClN3O2/c1-19-12-13-21(18-20(19)2)33-17-7-16-31-25-11-6-5-10-24(25)30-26(31)14-15-29-27(32)22-8-3-4-9-23(22)28/h3-6,8-13,18H,7,14-17H2,1-2H3,(H,29,32). The van der Waals surface area contributed by atoms with Crippen LogP contribution >= 0.6 is 11.6 Å². The minimum absolute atomic E-state index is 0.176. The number of hydrogen-bond donors (Lipinski definition) is 1. The number of para-hydroxylation sites is 2. The number of imidazole rings is 1. The zero-order valence-corrected chi connectivity index (χ0v) is 19.7. The fourth-order valence-electron chi connectivity index (χ4n) is 3.81. The van der Waals surface area contributed by atoms with E-state index in [1.165, 1.54) is 11.1 Å². The molecule has 0 fully saturated rings. The minimum atomic E-state index is -0.176. The smallest absolute Gasteiger partial charge is 0.252 e. The predicted octanol–water partition coefficient (Wildman–Crippen LogP) is 5.75. The summed E-state index contributed by atoms with van der Waals surface area (Å²) >= 11 is 6.14. The molecule has 4 rings (SSSR count). The van der Waals surface area contributed by atoms with Crippen LogP contribution in [0.4, 0.5) is 0 Å². The topological polar surface area (TPSA) is 56.1 Å². The Balaban J connectivity index is 1.38. The van der Waals surface area contributed by atoms with Crippen LogP contribution in [0.5, 0.6) is 5.75 Å². The highest BCUT2D eigenvalue weighted by molar-refractivity contribution is 6.33. The summed E-state index contributed by atoms with van der Waals surface area (Å²) in [7, 11) is 0. The second kappa shape index (κ2) is 10.5. The van der Waals surface area contributed by atoms with Gasteiger partial charge in [0.25, 0.3) is 5.91 Å². The Labute approximate surface area is 199 Å². The van der Waals surface area contributed by atoms with E-state index >= 15 is 0 Å². The van der Waals surface area contributed by atoms with E-state index in [4.69, 9.17) is 21.3 Å². The second-order valence-corrected chi connectivity index (χ2v) is 8.51. The van der Waals surface area contributed by atoms with E-state index in [0.717, 1.165) is 35.6 Å². The lowest BCUT2D eigenvalue weighted by molar-refractivity contribution is 0.0954. The summed E-state index contributed by atoms with van der Waals surface area (Å²) in [6, 6.07) is 21.4. The van der Waals surface area contributed by atoms with Crippen molar-refractivity contribution in [2.24, 2.45) is 0 Å². The van der Waals surface area contributed by atoms with Gasteiger partial charge in [-0.15, -0.1) is 0 Å². The Hall–Kier alpha value is -3.31. The fraction of sp³-hybridized carbons (Fsp3) is 0.259. The van der Waals surface area contributed by atoms with E-state index in [2.05, 4.69) is 41.9 Å². The SMILES string of the molecule is Cc1ccc(OCCCn2c(CCNC(=O)c3ccccc3Cl)nc3ccccc32)cc1C. The van der Waals surface area contributed by atoms with Gasteiger partial charge < -0.3 is 14.6 Å². The quantitative estimate of drug-likeness (QED) is 0.323. The van der Waals surface area contributed by atoms with E-state index in [1.54, 1.807) is 18.2 Å². The highest BCUT2D eigenvalue weighted by atomic mass is 35.5. The van der Waals surface area contributed by atoms with Gasteiger partial charge in [-0.25, -0.2) is 4.98 Å². The molecular weight excluding hydrogens is 434 g/mol. The maximum absolute atomic E-state index is 12.5. The molecule has 1 aromatic heterocycles. The van der Waals surface area contributed by atoms with Crippen molar-refractivity contribution in [3.63, 3.8) is 0 Å². The van der Waals surface area contributed by atoms with Crippen molar-refractivity contribution in [3.05, 3.63) is 94.3 Å². The van der Waals surface area contributed by atoms with Crippen LogP contribution in [0.1, 0.15) is 33.7 Å². The van der Waals surface area contributed by atoms with Crippen molar-refractivity contribution < 1.29 is 9.53 Å². The molecule has 0 aliphatic carbocycles. The molecule has 1 heterocycles. The first-order chi connectivity index (χ1) is 16.0. The number of amides is 1. The number of nitrogens with zero attached hydrogens (tertiary/aromatic N) is 2. The zero-order valence-electron chi connectivity index (χ0n) is 19.0. The van der Waals surface area contributed by atoms with E-state index in [-0.39, 0.29) is 5.91 Å². The molecule has 0 saturated heterocycles. The maximum Gasteiger partial charge on any atom is 0.252 e. The predicted molar refractivity (Wildman–Crippen MR) is 133 cm³/mol. The highest BCUT2D eigenvalue weighted by Gasteiger charge is 2.13. The molecule has 0 spiro atoms. The summed E-state index contributed by atoms with van der Waals surface area (Å²) in [6.07, 6.45) is 1.48.